The summed E-state index contributed by atoms with van der Waals surface area (Å²) in [5.41, 5.74) is 9.36. The molecule has 0 bridgehead atoms. The number of rotatable bonds is 3. The molecule has 0 amide bonds. The Balaban J connectivity index is 0.00000192. The van der Waals surface area contributed by atoms with Crippen molar-refractivity contribution in [2.24, 2.45) is 10.7 Å². The van der Waals surface area contributed by atoms with Crippen LogP contribution in [0.5, 0.6) is 0 Å². The van der Waals surface area contributed by atoms with Gasteiger partial charge in [0.05, 0.1) is 12.2 Å². The van der Waals surface area contributed by atoms with Crippen LogP contribution in [0.2, 0.25) is 0 Å². The lowest BCUT2D eigenvalue weighted by atomic mass is 10.1. The van der Waals surface area contributed by atoms with Gasteiger partial charge in [-0.05, 0) is 43.0 Å². The van der Waals surface area contributed by atoms with E-state index in [1.54, 1.807) is 0 Å². The summed E-state index contributed by atoms with van der Waals surface area (Å²) in [5, 5.41) is 0. The first kappa shape index (κ1) is 17.7. The maximum absolute atomic E-state index is 6.11. The van der Waals surface area contributed by atoms with Crippen molar-refractivity contribution in [2.75, 3.05) is 13.1 Å². The predicted molar refractivity (Wildman–Crippen MR) is 106 cm³/mol. The zero-order chi connectivity index (χ0) is 15.2. The smallest absolute Gasteiger partial charge is 0.191 e. The van der Waals surface area contributed by atoms with Crippen molar-refractivity contribution in [1.29, 1.82) is 0 Å². The number of likely N-dealkylation sites (tertiary alicyclic amines) is 1. The van der Waals surface area contributed by atoms with Crippen LogP contribution in [0.4, 0.5) is 0 Å². The standard InChI is InChI=1S/C18H22N4.HI/c19-18(22-11-4-1-5-12-22)21-14-15-7-6-8-16(13-15)17-9-2-3-10-20-17;/h2-3,6-10,13H,1,4-5,11-12,14H2,(H2,19,21);1H. The molecule has 2 heterocycles. The average Bonchev–Trinajstić information content (AvgIpc) is 2.61. The molecule has 1 saturated heterocycles. The second-order valence-electron chi connectivity index (χ2n) is 5.64. The van der Waals surface area contributed by atoms with Crippen LogP contribution in [0.15, 0.2) is 53.7 Å². The SMILES string of the molecule is I.NC(=NCc1cccc(-c2ccccn2)c1)N1CCCCC1. The highest BCUT2D eigenvalue weighted by atomic mass is 127. The van der Waals surface area contributed by atoms with E-state index in [4.69, 9.17) is 5.73 Å². The van der Waals surface area contributed by atoms with Gasteiger partial charge in [-0.1, -0.05) is 24.3 Å². The van der Waals surface area contributed by atoms with Crippen molar-refractivity contribution >= 4 is 29.9 Å². The van der Waals surface area contributed by atoms with Crippen molar-refractivity contribution in [3.63, 3.8) is 0 Å². The van der Waals surface area contributed by atoms with Crippen molar-refractivity contribution < 1.29 is 0 Å². The van der Waals surface area contributed by atoms with Gasteiger partial charge in [-0.15, -0.1) is 24.0 Å². The Hall–Kier alpha value is -1.63. The topological polar surface area (TPSA) is 54.5 Å². The van der Waals surface area contributed by atoms with E-state index in [9.17, 15) is 0 Å². The molecule has 23 heavy (non-hydrogen) atoms. The summed E-state index contributed by atoms with van der Waals surface area (Å²) in [5.74, 6) is 0.669. The summed E-state index contributed by atoms with van der Waals surface area (Å²) >= 11 is 0. The van der Waals surface area contributed by atoms with Crippen LogP contribution in [0.25, 0.3) is 11.3 Å². The molecule has 3 rings (SSSR count). The minimum atomic E-state index is 0. The number of guanidine groups is 1. The van der Waals surface area contributed by atoms with E-state index in [1.807, 2.05) is 30.5 Å². The van der Waals surface area contributed by atoms with Gasteiger partial charge in [0.15, 0.2) is 5.96 Å². The molecule has 0 unspecified atom stereocenters. The van der Waals surface area contributed by atoms with Crippen LogP contribution in [0.3, 0.4) is 0 Å². The van der Waals surface area contributed by atoms with Crippen LogP contribution in [-0.2, 0) is 6.54 Å². The molecular formula is C18H23IN4. The first-order chi connectivity index (χ1) is 10.8. The monoisotopic (exact) mass is 422 g/mol. The second kappa shape index (κ2) is 8.86. The fourth-order valence-electron chi connectivity index (χ4n) is 2.76. The third-order valence-corrected chi connectivity index (χ3v) is 3.99. The normalized spacial score (nSPS) is 15.1. The summed E-state index contributed by atoms with van der Waals surface area (Å²) in [6.07, 6.45) is 5.54. The Morgan fingerprint density at radius 2 is 1.91 bits per heavy atom. The molecule has 5 heteroatoms. The van der Waals surface area contributed by atoms with Crippen molar-refractivity contribution in [1.82, 2.24) is 9.88 Å². The Morgan fingerprint density at radius 3 is 2.65 bits per heavy atom. The van der Waals surface area contributed by atoms with Gasteiger partial charge >= 0.3 is 0 Å². The minimum absolute atomic E-state index is 0. The lowest BCUT2D eigenvalue weighted by molar-refractivity contribution is 0.338. The first-order valence-electron chi connectivity index (χ1n) is 7.88. The van der Waals surface area contributed by atoms with Crippen LogP contribution in [0.1, 0.15) is 24.8 Å². The lowest BCUT2D eigenvalue weighted by Crippen LogP contribution is -2.40. The molecule has 0 aliphatic carbocycles. The molecule has 0 saturated carbocycles. The van der Waals surface area contributed by atoms with Crippen molar-refractivity contribution in [3.8, 4) is 11.3 Å². The Kier molecular flexibility index (Phi) is 6.83. The van der Waals surface area contributed by atoms with Gasteiger partial charge < -0.3 is 10.6 Å². The molecule has 0 atom stereocenters. The molecule has 0 spiro atoms. The van der Waals surface area contributed by atoms with Crippen LogP contribution < -0.4 is 5.73 Å². The van der Waals surface area contributed by atoms with E-state index in [2.05, 4.69) is 33.1 Å². The number of aliphatic imine (C=N–C) groups is 1. The van der Waals surface area contributed by atoms with E-state index in [1.165, 1.54) is 19.3 Å². The van der Waals surface area contributed by atoms with E-state index in [0.717, 1.165) is 29.9 Å². The van der Waals surface area contributed by atoms with E-state index >= 15 is 0 Å². The molecule has 1 fully saturated rings. The van der Waals surface area contributed by atoms with E-state index in [-0.39, 0.29) is 24.0 Å². The fraction of sp³-hybridized carbons (Fsp3) is 0.333. The van der Waals surface area contributed by atoms with Gasteiger partial charge in [0.2, 0.25) is 0 Å². The maximum atomic E-state index is 6.11. The lowest BCUT2D eigenvalue weighted by Gasteiger charge is -2.27. The van der Waals surface area contributed by atoms with Gasteiger partial charge in [-0.2, -0.15) is 0 Å². The first-order valence-corrected chi connectivity index (χ1v) is 7.88. The number of pyridine rings is 1. The molecule has 0 radical (unpaired) electrons. The Labute approximate surface area is 154 Å². The summed E-state index contributed by atoms with van der Waals surface area (Å²) < 4.78 is 0. The largest absolute Gasteiger partial charge is 0.370 e. The molecule has 1 aliphatic heterocycles. The van der Waals surface area contributed by atoms with Crippen LogP contribution in [0, 0.1) is 0 Å². The van der Waals surface area contributed by atoms with Crippen molar-refractivity contribution in [2.45, 2.75) is 25.8 Å². The number of benzene rings is 1. The second-order valence-corrected chi connectivity index (χ2v) is 5.64. The number of nitrogens with zero attached hydrogens (tertiary/aromatic N) is 3. The molecule has 2 N–H and O–H groups in total. The predicted octanol–water partition coefficient (Wildman–Crippen LogP) is 3.67. The van der Waals surface area contributed by atoms with Gasteiger partial charge in [-0.3, -0.25) is 4.98 Å². The number of hydrogen-bond donors (Lipinski definition) is 1. The van der Waals surface area contributed by atoms with Crippen LogP contribution in [-0.4, -0.2) is 28.9 Å². The van der Waals surface area contributed by atoms with E-state index < -0.39 is 0 Å². The zero-order valence-corrected chi connectivity index (χ0v) is 15.5. The highest BCUT2D eigenvalue weighted by molar-refractivity contribution is 14.0. The summed E-state index contributed by atoms with van der Waals surface area (Å²) in [6, 6.07) is 14.3. The molecule has 1 aromatic heterocycles. The zero-order valence-electron chi connectivity index (χ0n) is 13.2. The molecular weight excluding hydrogens is 399 g/mol. The Morgan fingerprint density at radius 1 is 1.09 bits per heavy atom. The Bertz CT molecular complexity index is 636. The van der Waals surface area contributed by atoms with Gasteiger partial charge in [0.1, 0.15) is 0 Å². The van der Waals surface area contributed by atoms with E-state index in [0.29, 0.717) is 12.5 Å². The van der Waals surface area contributed by atoms with Gasteiger partial charge in [0, 0.05) is 24.8 Å². The fourth-order valence-corrected chi connectivity index (χ4v) is 2.76. The molecule has 4 nitrogen and oxygen atoms in total. The number of aromatic nitrogens is 1. The number of halogens is 1. The molecule has 2 aromatic rings. The quantitative estimate of drug-likeness (QED) is 0.467. The summed E-state index contributed by atoms with van der Waals surface area (Å²) in [7, 11) is 0. The summed E-state index contributed by atoms with van der Waals surface area (Å²) in [4.78, 5) is 11.1. The van der Waals surface area contributed by atoms with Gasteiger partial charge in [0.25, 0.3) is 0 Å². The third kappa shape index (κ3) is 4.92. The molecule has 1 aromatic carbocycles. The van der Waals surface area contributed by atoms with Crippen molar-refractivity contribution in [3.05, 3.63) is 54.2 Å². The maximum Gasteiger partial charge on any atom is 0.191 e. The van der Waals surface area contributed by atoms with Crippen LogP contribution >= 0.6 is 24.0 Å². The number of piperidine rings is 1. The number of hydrogen-bond acceptors (Lipinski definition) is 2. The highest BCUT2D eigenvalue weighted by Gasteiger charge is 2.11. The van der Waals surface area contributed by atoms with Gasteiger partial charge in [-0.25, -0.2) is 4.99 Å². The average molecular weight is 422 g/mol. The minimum Gasteiger partial charge on any atom is -0.370 e. The third-order valence-electron chi connectivity index (χ3n) is 3.99. The molecule has 1 aliphatic rings. The molecule has 122 valence electrons. The summed E-state index contributed by atoms with van der Waals surface area (Å²) in [6.45, 7) is 2.68. The number of nitrogens with two attached hydrogens (primary N) is 1. The highest BCUT2D eigenvalue weighted by Crippen LogP contribution is 2.18.